The number of carbonyl (C=O) groups is 4. The van der Waals surface area contributed by atoms with Crippen LogP contribution in [0.1, 0.15) is 19.8 Å². The Morgan fingerprint density at radius 1 is 1.22 bits per heavy atom. The molecule has 5 unspecified atom stereocenters. The van der Waals surface area contributed by atoms with Gasteiger partial charge in [-0.2, -0.15) is 25.3 Å². The number of amides is 3. The average molecular weight is 423 g/mol. The maximum atomic E-state index is 12.8. The van der Waals surface area contributed by atoms with E-state index >= 15 is 0 Å². The number of likely N-dealkylation sites (tertiary alicyclic amines) is 1. The molecule has 5 atom stereocenters. The van der Waals surface area contributed by atoms with E-state index in [0.717, 1.165) is 0 Å². The van der Waals surface area contributed by atoms with Crippen LogP contribution in [-0.2, 0) is 19.2 Å². The van der Waals surface area contributed by atoms with Gasteiger partial charge in [0.15, 0.2) is 0 Å². The van der Waals surface area contributed by atoms with Crippen LogP contribution in [-0.4, -0.2) is 87.1 Å². The summed E-state index contributed by atoms with van der Waals surface area (Å²) in [6.07, 6.45) is -0.353. The lowest BCUT2D eigenvalue weighted by atomic mass is 10.1. The van der Waals surface area contributed by atoms with Crippen molar-refractivity contribution in [3.8, 4) is 0 Å². The van der Waals surface area contributed by atoms with E-state index in [4.69, 9.17) is 10.8 Å². The average Bonchev–Trinajstić information content (AvgIpc) is 3.11. The Kier molecular flexibility index (Phi) is 9.36. The topological polar surface area (TPSA) is 162 Å². The van der Waals surface area contributed by atoms with Crippen molar-refractivity contribution in [2.45, 2.75) is 50.0 Å². The molecule has 1 rings (SSSR count). The Bertz CT molecular complexity index is 577. The maximum absolute atomic E-state index is 12.8. The Morgan fingerprint density at radius 3 is 2.33 bits per heavy atom. The summed E-state index contributed by atoms with van der Waals surface area (Å²) in [6, 6.07) is -4.31. The van der Waals surface area contributed by atoms with Crippen LogP contribution in [0.2, 0.25) is 0 Å². The van der Waals surface area contributed by atoms with Gasteiger partial charge in [0.2, 0.25) is 17.7 Å². The minimum atomic E-state index is -1.28. The lowest BCUT2D eigenvalue weighted by molar-refractivity contribution is -0.145. The summed E-state index contributed by atoms with van der Waals surface area (Å²) in [7, 11) is 0. The van der Waals surface area contributed by atoms with Gasteiger partial charge in [0, 0.05) is 18.1 Å². The zero-order chi connectivity index (χ0) is 20.7. The first-order valence-electron chi connectivity index (χ1n) is 8.43. The Morgan fingerprint density at radius 2 is 1.85 bits per heavy atom. The van der Waals surface area contributed by atoms with Crippen LogP contribution in [0.4, 0.5) is 0 Å². The molecule has 0 aliphatic carbocycles. The summed E-state index contributed by atoms with van der Waals surface area (Å²) < 4.78 is 0. The number of aliphatic hydroxyl groups is 1. The highest BCUT2D eigenvalue weighted by molar-refractivity contribution is 7.80. The van der Waals surface area contributed by atoms with E-state index in [1.807, 2.05) is 0 Å². The molecule has 3 amide bonds. The smallest absolute Gasteiger partial charge is 0.327 e. The molecule has 0 saturated carbocycles. The predicted molar refractivity (Wildman–Crippen MR) is 104 cm³/mol. The predicted octanol–water partition coefficient (Wildman–Crippen LogP) is -2.40. The molecule has 0 aromatic heterocycles. The summed E-state index contributed by atoms with van der Waals surface area (Å²) in [6.45, 7) is 1.58. The fourth-order valence-corrected chi connectivity index (χ4v) is 3.08. The number of aliphatic hydroxyl groups excluding tert-OH is 1. The highest BCUT2D eigenvalue weighted by Crippen LogP contribution is 2.19. The molecule has 154 valence electrons. The van der Waals surface area contributed by atoms with Gasteiger partial charge in [0.25, 0.3) is 0 Å². The minimum Gasteiger partial charge on any atom is -0.480 e. The van der Waals surface area contributed by atoms with Crippen LogP contribution in [0.25, 0.3) is 0 Å². The first kappa shape index (κ1) is 23.5. The van der Waals surface area contributed by atoms with E-state index < -0.39 is 54.0 Å². The van der Waals surface area contributed by atoms with E-state index in [2.05, 4.69) is 35.9 Å². The lowest BCUT2D eigenvalue weighted by Gasteiger charge is -2.30. The summed E-state index contributed by atoms with van der Waals surface area (Å²) >= 11 is 7.80. The number of aliphatic carboxylic acids is 1. The second kappa shape index (κ2) is 10.7. The first-order chi connectivity index (χ1) is 12.6. The third-order valence-corrected chi connectivity index (χ3v) is 4.97. The molecule has 1 fully saturated rings. The van der Waals surface area contributed by atoms with Crippen LogP contribution < -0.4 is 16.4 Å². The van der Waals surface area contributed by atoms with E-state index in [-0.39, 0.29) is 18.1 Å². The Balaban J connectivity index is 2.89. The van der Waals surface area contributed by atoms with Gasteiger partial charge >= 0.3 is 5.97 Å². The molecule has 1 heterocycles. The van der Waals surface area contributed by atoms with Crippen molar-refractivity contribution >= 4 is 48.9 Å². The third-order valence-electron chi connectivity index (χ3n) is 4.22. The zero-order valence-corrected chi connectivity index (χ0v) is 16.7. The molecule has 27 heavy (non-hydrogen) atoms. The standard InChI is InChI=1S/C15H26N4O6S2/c1-7(20)11(18-12(21)8(16)5-26)14(23)19-4-2-3-10(19)13(22)17-9(6-27)15(24)25/h7-11,20,26-27H,2-6,16H2,1H3,(H,17,22)(H,18,21)(H,24,25). The van der Waals surface area contributed by atoms with Crippen LogP contribution in [0, 0.1) is 0 Å². The van der Waals surface area contributed by atoms with Crippen molar-refractivity contribution in [3.63, 3.8) is 0 Å². The largest absolute Gasteiger partial charge is 0.480 e. The zero-order valence-electron chi connectivity index (χ0n) is 14.9. The van der Waals surface area contributed by atoms with Crippen molar-refractivity contribution in [1.82, 2.24) is 15.5 Å². The SMILES string of the molecule is CC(O)C(NC(=O)C(N)CS)C(=O)N1CCCC1C(=O)NC(CS)C(=O)O. The normalized spacial score (nSPS) is 21.1. The Labute approximate surface area is 168 Å². The molecule has 1 aliphatic heterocycles. The number of hydrogen-bond acceptors (Lipinski definition) is 8. The summed E-state index contributed by atoms with van der Waals surface area (Å²) in [5.74, 6) is -3.18. The number of carboxylic acid groups (broad SMARTS) is 1. The number of carbonyl (C=O) groups excluding carboxylic acids is 3. The van der Waals surface area contributed by atoms with Crippen molar-refractivity contribution in [1.29, 1.82) is 0 Å². The number of thiol groups is 2. The number of hydrogen-bond donors (Lipinski definition) is 7. The first-order valence-corrected chi connectivity index (χ1v) is 9.69. The lowest BCUT2D eigenvalue weighted by Crippen LogP contribution is -2.59. The molecular formula is C15H26N4O6S2. The monoisotopic (exact) mass is 422 g/mol. The van der Waals surface area contributed by atoms with Crippen molar-refractivity contribution in [2.75, 3.05) is 18.1 Å². The number of carboxylic acids is 1. The second-order valence-corrected chi connectivity index (χ2v) is 7.02. The molecule has 6 N–H and O–H groups in total. The molecule has 0 spiro atoms. The molecule has 10 nitrogen and oxygen atoms in total. The van der Waals surface area contributed by atoms with Crippen molar-refractivity contribution in [3.05, 3.63) is 0 Å². The molecule has 0 aromatic carbocycles. The second-order valence-electron chi connectivity index (χ2n) is 6.29. The number of nitrogens with one attached hydrogen (secondary N) is 2. The van der Waals surface area contributed by atoms with E-state index in [1.165, 1.54) is 11.8 Å². The molecule has 1 saturated heterocycles. The van der Waals surface area contributed by atoms with Crippen LogP contribution >= 0.6 is 25.3 Å². The highest BCUT2D eigenvalue weighted by Gasteiger charge is 2.40. The Hall–Kier alpha value is -1.50. The van der Waals surface area contributed by atoms with Crippen LogP contribution in [0.15, 0.2) is 0 Å². The van der Waals surface area contributed by atoms with Crippen LogP contribution in [0.5, 0.6) is 0 Å². The van der Waals surface area contributed by atoms with Gasteiger partial charge in [-0.25, -0.2) is 4.79 Å². The molecule has 0 aromatic rings. The third kappa shape index (κ3) is 6.26. The number of rotatable bonds is 9. The summed E-state index contributed by atoms with van der Waals surface area (Å²) in [4.78, 5) is 49.5. The van der Waals surface area contributed by atoms with Crippen molar-refractivity contribution < 1.29 is 29.4 Å². The fourth-order valence-electron chi connectivity index (χ4n) is 2.67. The van der Waals surface area contributed by atoms with Gasteiger partial charge in [-0.15, -0.1) is 0 Å². The number of nitrogens with two attached hydrogens (primary N) is 1. The number of nitrogens with zero attached hydrogens (tertiary/aromatic N) is 1. The van der Waals surface area contributed by atoms with E-state index in [0.29, 0.717) is 12.8 Å². The molecule has 1 aliphatic rings. The minimum absolute atomic E-state index is 0.0571. The summed E-state index contributed by atoms with van der Waals surface area (Å²) in [5.41, 5.74) is 5.57. The van der Waals surface area contributed by atoms with Gasteiger partial charge in [0.05, 0.1) is 12.1 Å². The van der Waals surface area contributed by atoms with E-state index in [1.54, 1.807) is 0 Å². The fraction of sp³-hybridized carbons (Fsp3) is 0.733. The quantitative estimate of drug-likeness (QED) is 0.204. The summed E-state index contributed by atoms with van der Waals surface area (Å²) in [5, 5.41) is 23.7. The van der Waals surface area contributed by atoms with Gasteiger partial charge in [0.1, 0.15) is 18.1 Å². The van der Waals surface area contributed by atoms with Crippen LogP contribution in [0.3, 0.4) is 0 Å². The highest BCUT2D eigenvalue weighted by atomic mass is 32.1. The van der Waals surface area contributed by atoms with E-state index in [9.17, 15) is 24.3 Å². The van der Waals surface area contributed by atoms with Gasteiger partial charge in [-0.3, -0.25) is 14.4 Å². The molecule has 0 radical (unpaired) electrons. The van der Waals surface area contributed by atoms with Gasteiger partial charge in [-0.1, -0.05) is 0 Å². The maximum Gasteiger partial charge on any atom is 0.327 e. The van der Waals surface area contributed by atoms with Gasteiger partial charge < -0.3 is 31.5 Å². The molecule has 12 heteroatoms. The molecule has 0 bridgehead atoms. The van der Waals surface area contributed by atoms with Crippen molar-refractivity contribution in [2.24, 2.45) is 5.73 Å². The van der Waals surface area contributed by atoms with Gasteiger partial charge in [-0.05, 0) is 19.8 Å². The molecular weight excluding hydrogens is 396 g/mol.